The fraction of sp³-hybridized carbons (Fsp3) is 0.739. The molecule has 1 nitrogen and oxygen atoms in total. The van der Waals surface area contributed by atoms with Crippen molar-refractivity contribution in [2.45, 2.75) is 110 Å². The van der Waals surface area contributed by atoms with Gasteiger partial charge in [0.15, 0.2) is 0 Å². The van der Waals surface area contributed by atoms with Gasteiger partial charge in [-0.15, -0.1) is 0 Å². The molecule has 2 heteroatoms. The monoisotopic (exact) mass is 362 g/mol. The molecule has 1 rings (SSSR count). The Morgan fingerprint density at radius 3 is 1.84 bits per heavy atom. The van der Waals surface area contributed by atoms with E-state index in [0.717, 1.165) is 0 Å². The fourth-order valence-corrected chi connectivity index (χ4v) is 5.79. The molecule has 0 aliphatic rings. The summed E-state index contributed by atoms with van der Waals surface area (Å²) in [6.07, 6.45) is 16.7. The van der Waals surface area contributed by atoms with E-state index in [9.17, 15) is 0 Å². The minimum atomic E-state index is -1.77. The predicted octanol–water partition coefficient (Wildman–Crippen LogP) is 7.20. The van der Waals surface area contributed by atoms with Crippen LogP contribution in [0.1, 0.15) is 90.9 Å². The second-order valence-electron chi connectivity index (χ2n) is 8.02. The number of unbranched alkanes of at least 4 members (excludes halogenated alkanes) is 8. The summed E-state index contributed by atoms with van der Waals surface area (Å²) in [6, 6.07) is 10.9. The van der Waals surface area contributed by atoms with Gasteiger partial charge in [0.1, 0.15) is 0 Å². The summed E-state index contributed by atoms with van der Waals surface area (Å²) in [4.78, 5) is 0. The highest BCUT2D eigenvalue weighted by Crippen LogP contribution is 2.19. The molecule has 0 N–H and O–H groups in total. The highest BCUT2D eigenvalue weighted by atomic mass is 28.4. The van der Waals surface area contributed by atoms with Crippen molar-refractivity contribution < 1.29 is 4.43 Å². The minimum absolute atomic E-state index is 0.455. The smallest absolute Gasteiger partial charge is 0.218 e. The van der Waals surface area contributed by atoms with Crippen molar-refractivity contribution in [1.82, 2.24) is 0 Å². The van der Waals surface area contributed by atoms with Gasteiger partial charge in [-0.2, -0.15) is 0 Å². The van der Waals surface area contributed by atoms with E-state index < -0.39 is 8.32 Å². The van der Waals surface area contributed by atoms with Gasteiger partial charge < -0.3 is 4.43 Å². The Kier molecular flexibility index (Phi) is 12.2. The van der Waals surface area contributed by atoms with Crippen LogP contribution in [-0.4, -0.2) is 14.4 Å². The molecule has 0 aliphatic heterocycles. The third-order valence-electron chi connectivity index (χ3n) is 5.17. The summed E-state index contributed by atoms with van der Waals surface area (Å²) in [5, 5.41) is 1.42. The van der Waals surface area contributed by atoms with E-state index in [1.165, 1.54) is 82.2 Å². The Hall–Kier alpha value is -0.603. The van der Waals surface area contributed by atoms with E-state index in [2.05, 4.69) is 57.3 Å². The molecule has 0 amide bonds. The van der Waals surface area contributed by atoms with Crippen LogP contribution >= 0.6 is 0 Å². The third kappa shape index (κ3) is 10.2. The van der Waals surface area contributed by atoms with Crippen molar-refractivity contribution in [2.24, 2.45) is 0 Å². The Morgan fingerprint density at radius 2 is 1.28 bits per heavy atom. The molecule has 0 saturated heterocycles. The van der Waals surface area contributed by atoms with E-state index in [0.29, 0.717) is 6.10 Å². The van der Waals surface area contributed by atoms with Crippen LogP contribution in [0.3, 0.4) is 0 Å². The number of hydrogen-bond acceptors (Lipinski definition) is 1. The molecule has 0 fully saturated rings. The van der Waals surface area contributed by atoms with Crippen LogP contribution in [0, 0.1) is 0 Å². The molecule has 1 atom stereocenters. The molecule has 1 aromatic rings. The Balaban J connectivity index is 2.25. The summed E-state index contributed by atoms with van der Waals surface area (Å²) in [7, 11) is -1.77. The molecule has 1 aromatic carbocycles. The van der Waals surface area contributed by atoms with Crippen molar-refractivity contribution >= 4 is 13.5 Å². The molecule has 144 valence electrons. The van der Waals surface area contributed by atoms with E-state index in [-0.39, 0.29) is 0 Å². The summed E-state index contributed by atoms with van der Waals surface area (Å²) in [6.45, 7) is 9.27. The lowest BCUT2D eigenvalue weighted by Crippen LogP contribution is -2.47. The van der Waals surface area contributed by atoms with Gasteiger partial charge in [-0.3, -0.25) is 0 Å². The van der Waals surface area contributed by atoms with Gasteiger partial charge in [0.25, 0.3) is 0 Å². The van der Waals surface area contributed by atoms with E-state index in [1.807, 2.05) is 0 Å². The van der Waals surface area contributed by atoms with Crippen molar-refractivity contribution in [2.75, 3.05) is 0 Å². The zero-order chi connectivity index (χ0) is 18.4. The van der Waals surface area contributed by atoms with Crippen molar-refractivity contribution in [3.63, 3.8) is 0 Å². The van der Waals surface area contributed by atoms with Gasteiger partial charge in [-0.05, 0) is 31.1 Å². The second kappa shape index (κ2) is 13.6. The van der Waals surface area contributed by atoms with Crippen molar-refractivity contribution in [3.05, 3.63) is 30.3 Å². The second-order valence-corrected chi connectivity index (χ2v) is 11.9. The molecule has 0 aliphatic carbocycles. The third-order valence-corrected chi connectivity index (χ3v) is 7.82. The molecule has 0 radical (unpaired) electrons. The number of benzene rings is 1. The molecule has 25 heavy (non-hydrogen) atoms. The molecule has 0 bridgehead atoms. The first-order chi connectivity index (χ1) is 12.1. The largest absolute Gasteiger partial charge is 0.410 e. The lowest BCUT2D eigenvalue weighted by Gasteiger charge is -2.30. The molecule has 0 heterocycles. The van der Waals surface area contributed by atoms with E-state index in [1.54, 1.807) is 0 Å². The maximum Gasteiger partial charge on any atom is 0.218 e. The maximum atomic E-state index is 6.68. The van der Waals surface area contributed by atoms with Crippen LogP contribution in [0.2, 0.25) is 13.1 Å². The lowest BCUT2D eigenvalue weighted by atomic mass is 10.0. The van der Waals surface area contributed by atoms with Crippen LogP contribution in [0.15, 0.2) is 30.3 Å². The highest BCUT2D eigenvalue weighted by molar-refractivity contribution is 6.84. The molecule has 0 aromatic heterocycles. The van der Waals surface area contributed by atoms with E-state index >= 15 is 0 Å². The molecular formula is C23H42OSi. The van der Waals surface area contributed by atoms with Crippen LogP contribution in [0.4, 0.5) is 0 Å². The summed E-state index contributed by atoms with van der Waals surface area (Å²) in [5.41, 5.74) is 0. The first kappa shape index (κ1) is 22.4. The van der Waals surface area contributed by atoms with Crippen molar-refractivity contribution in [1.29, 1.82) is 0 Å². The van der Waals surface area contributed by atoms with E-state index in [4.69, 9.17) is 4.43 Å². The molecular weight excluding hydrogens is 320 g/mol. The van der Waals surface area contributed by atoms with Gasteiger partial charge in [0, 0.05) is 6.10 Å². The zero-order valence-electron chi connectivity index (χ0n) is 17.4. The molecule has 0 saturated carbocycles. The first-order valence-corrected chi connectivity index (χ1v) is 13.7. The standard InChI is InChI=1S/C23H42OSi/c1-5-7-8-9-10-11-12-13-15-19-22(18-6-2)24-25(3,4)23-20-16-14-17-21-23/h14,16-17,20-22H,5-13,15,18-19H2,1-4H3. The zero-order valence-corrected chi connectivity index (χ0v) is 18.4. The van der Waals surface area contributed by atoms with Crippen LogP contribution in [-0.2, 0) is 4.43 Å². The van der Waals surface area contributed by atoms with Gasteiger partial charge >= 0.3 is 0 Å². The number of hydrogen-bond donors (Lipinski definition) is 0. The predicted molar refractivity (Wildman–Crippen MR) is 115 cm³/mol. The highest BCUT2D eigenvalue weighted by Gasteiger charge is 2.28. The molecule has 0 spiro atoms. The fourth-order valence-electron chi connectivity index (χ4n) is 3.59. The normalized spacial score (nSPS) is 13.1. The SMILES string of the molecule is CCCCCCCCCCCC(CCC)O[Si](C)(C)c1ccccc1. The Morgan fingerprint density at radius 1 is 0.720 bits per heavy atom. The Bertz CT molecular complexity index is 415. The van der Waals surface area contributed by atoms with Crippen LogP contribution < -0.4 is 5.19 Å². The van der Waals surface area contributed by atoms with Gasteiger partial charge in [0.05, 0.1) is 0 Å². The van der Waals surface area contributed by atoms with Gasteiger partial charge in [-0.1, -0.05) is 108 Å². The topological polar surface area (TPSA) is 9.23 Å². The van der Waals surface area contributed by atoms with Crippen LogP contribution in [0.25, 0.3) is 0 Å². The minimum Gasteiger partial charge on any atom is -0.410 e. The van der Waals surface area contributed by atoms with Gasteiger partial charge in [0.2, 0.25) is 8.32 Å². The van der Waals surface area contributed by atoms with Gasteiger partial charge in [-0.25, -0.2) is 0 Å². The maximum absolute atomic E-state index is 6.68. The number of rotatable bonds is 15. The Labute approximate surface area is 158 Å². The van der Waals surface area contributed by atoms with Crippen molar-refractivity contribution in [3.8, 4) is 0 Å². The first-order valence-electron chi connectivity index (χ1n) is 10.8. The average molecular weight is 363 g/mol. The summed E-state index contributed by atoms with van der Waals surface area (Å²) in [5.74, 6) is 0. The average Bonchev–Trinajstić information content (AvgIpc) is 2.61. The van der Waals surface area contributed by atoms with Crippen LogP contribution in [0.5, 0.6) is 0 Å². The molecule has 1 unspecified atom stereocenters. The lowest BCUT2D eigenvalue weighted by molar-refractivity contribution is 0.171. The summed E-state index contributed by atoms with van der Waals surface area (Å²) < 4.78 is 6.68. The quantitative estimate of drug-likeness (QED) is 0.237. The summed E-state index contributed by atoms with van der Waals surface area (Å²) >= 11 is 0.